The Kier molecular flexibility index (Phi) is 9.14. The highest BCUT2D eigenvalue weighted by Crippen LogP contribution is 2.40. The first-order valence-corrected chi connectivity index (χ1v) is 15.6. The molecule has 2 heterocycles. The number of thiazole rings is 1. The average Bonchev–Trinajstić information content (AvgIpc) is 3.44. The van der Waals surface area contributed by atoms with E-state index in [1.165, 1.54) is 4.90 Å². The van der Waals surface area contributed by atoms with Crippen LogP contribution in [0.15, 0.2) is 23.7 Å². The Morgan fingerprint density at radius 1 is 1.21 bits per heavy atom. The summed E-state index contributed by atoms with van der Waals surface area (Å²) in [6, 6.07) is 4.21. The van der Waals surface area contributed by atoms with Crippen molar-refractivity contribution in [3.63, 3.8) is 0 Å². The molecule has 1 aliphatic carbocycles. The summed E-state index contributed by atoms with van der Waals surface area (Å²) in [5, 5.41) is 16.4. The maximum absolute atomic E-state index is 13.7. The van der Waals surface area contributed by atoms with E-state index < -0.39 is 35.5 Å². The van der Waals surface area contributed by atoms with Crippen molar-refractivity contribution in [3.05, 3.63) is 51.9 Å². The van der Waals surface area contributed by atoms with Crippen LogP contribution in [-0.4, -0.2) is 63.0 Å². The summed E-state index contributed by atoms with van der Waals surface area (Å²) in [6.45, 7) is 21.5. The second-order valence-corrected chi connectivity index (χ2v) is 14.2. The molecule has 42 heavy (non-hydrogen) atoms. The van der Waals surface area contributed by atoms with Gasteiger partial charge in [-0.05, 0) is 54.4 Å². The van der Waals surface area contributed by atoms with E-state index in [1.807, 2.05) is 33.2 Å². The monoisotopic (exact) mass is 593 g/mol. The van der Waals surface area contributed by atoms with Crippen LogP contribution in [0.1, 0.15) is 83.7 Å². The smallest absolute Gasteiger partial charge is 0.309 e. The maximum Gasteiger partial charge on any atom is 0.309 e. The Labute approximate surface area is 252 Å². The van der Waals surface area contributed by atoms with Gasteiger partial charge in [0.2, 0.25) is 11.8 Å². The van der Waals surface area contributed by atoms with Crippen molar-refractivity contribution in [1.29, 1.82) is 0 Å². The highest BCUT2D eigenvalue weighted by Gasteiger charge is 2.59. The van der Waals surface area contributed by atoms with Crippen molar-refractivity contribution in [2.75, 3.05) is 6.54 Å². The fraction of sp³-hybridized carbons (Fsp3) is 0.594. The van der Waals surface area contributed by atoms with E-state index in [2.05, 4.69) is 59.4 Å². The summed E-state index contributed by atoms with van der Waals surface area (Å²) in [7, 11) is 0. The van der Waals surface area contributed by atoms with Crippen molar-refractivity contribution in [1.82, 2.24) is 20.5 Å². The number of aryl methyl sites for hydroxylation is 1. The second-order valence-electron chi connectivity index (χ2n) is 13.4. The summed E-state index contributed by atoms with van der Waals surface area (Å²) in [5.41, 5.74) is 5.00. The number of aromatic nitrogens is 1. The Hall–Kier alpha value is -3.29. The molecule has 0 unspecified atom stereocenters. The number of nitrogens with one attached hydrogen (secondary N) is 2. The summed E-state index contributed by atoms with van der Waals surface area (Å²) >= 11 is 1.61. The van der Waals surface area contributed by atoms with Crippen LogP contribution in [0.25, 0.3) is 15.3 Å². The Bertz CT molecular complexity index is 1380. The summed E-state index contributed by atoms with van der Waals surface area (Å²) in [6.07, 6.45) is 1.04. The molecule has 0 radical (unpaired) electrons. The van der Waals surface area contributed by atoms with Gasteiger partial charge in [0.1, 0.15) is 12.1 Å². The van der Waals surface area contributed by atoms with Gasteiger partial charge in [-0.1, -0.05) is 46.8 Å². The topological polar surface area (TPSA) is 116 Å². The number of β-amino-alcohol motifs (C(OH)–C–C–N with tert-alkyl or cyclic N) is 1. The second kappa shape index (κ2) is 12.1. The molecule has 0 bridgehead atoms. The molecule has 0 spiro atoms. The number of benzene rings is 1. The molecule has 1 aromatic carbocycles. The number of carbonyl (C=O) groups is 3. The molecule has 226 valence electrons. The predicted octanol–water partition coefficient (Wildman–Crippen LogP) is 4.44. The predicted molar refractivity (Wildman–Crippen MR) is 163 cm³/mol. The van der Waals surface area contributed by atoms with Crippen molar-refractivity contribution in [3.8, 4) is 10.4 Å². The summed E-state index contributed by atoms with van der Waals surface area (Å²) in [4.78, 5) is 50.5. The zero-order valence-electron chi connectivity index (χ0n) is 25.7. The summed E-state index contributed by atoms with van der Waals surface area (Å²) in [5.74, 6) is -1.46. The molecule has 3 amide bonds. The van der Waals surface area contributed by atoms with Crippen molar-refractivity contribution >= 4 is 29.1 Å². The van der Waals surface area contributed by atoms with E-state index >= 15 is 0 Å². The van der Waals surface area contributed by atoms with E-state index in [0.29, 0.717) is 12.8 Å². The lowest BCUT2D eigenvalue weighted by Gasteiger charge is -2.31. The minimum absolute atomic E-state index is 0.0104. The number of hydrogen-bond donors (Lipinski definition) is 3. The van der Waals surface area contributed by atoms with Crippen molar-refractivity contribution in [2.45, 2.75) is 104 Å². The molecule has 4 atom stereocenters. The third kappa shape index (κ3) is 6.84. The first-order valence-electron chi connectivity index (χ1n) is 14.7. The van der Waals surface area contributed by atoms with Crippen LogP contribution < -0.4 is 10.6 Å². The molecule has 10 heteroatoms. The standard InChI is InChI=1S/C32H43N5O4S/c1-18(2)26(36-30(41)32(33-8)11-12-32)29(40)37-16-23(38)14-25(37)28(39)35-19(3)24-10-9-21(27-20(4)34-17-42-27)13-22(24)15-31(5,6)7/h9-10,13,17-19,23,25-26,38H,11-12,14-16H2,1-7H3,(H,35,39)(H,36,41)/t19-,23+,25-,26-/m0/s1. The van der Waals surface area contributed by atoms with Gasteiger partial charge in [-0.3, -0.25) is 19.2 Å². The molecule has 2 fully saturated rings. The van der Waals surface area contributed by atoms with Crippen molar-refractivity contribution in [2.24, 2.45) is 11.3 Å². The Balaban J connectivity index is 1.54. The first kappa shape index (κ1) is 31.6. The molecular weight excluding hydrogens is 550 g/mol. The molecule has 3 N–H and O–H groups in total. The fourth-order valence-electron chi connectivity index (χ4n) is 5.64. The summed E-state index contributed by atoms with van der Waals surface area (Å²) < 4.78 is 0. The number of amides is 3. The fourth-order valence-corrected chi connectivity index (χ4v) is 6.44. The SMILES string of the molecule is [C-]#[N+]C1(C(=O)N[C@H](C(=O)N2C[C@H](O)C[C@H]2C(=O)N[C@@H](C)c2ccc(-c3scnc3C)cc2CC(C)(C)C)C(C)C)CC1. The minimum atomic E-state index is -1.08. The van der Waals surface area contributed by atoms with Gasteiger partial charge < -0.3 is 20.6 Å². The lowest BCUT2D eigenvalue weighted by Crippen LogP contribution is -2.56. The van der Waals surface area contributed by atoms with Crippen LogP contribution in [0.4, 0.5) is 0 Å². The minimum Gasteiger partial charge on any atom is -0.391 e. The van der Waals surface area contributed by atoms with Gasteiger partial charge >= 0.3 is 11.4 Å². The van der Waals surface area contributed by atoms with Crippen LogP contribution in [-0.2, 0) is 20.8 Å². The Morgan fingerprint density at radius 3 is 2.45 bits per heavy atom. The third-order valence-corrected chi connectivity index (χ3v) is 9.12. The number of rotatable bonds is 9. The van der Waals surface area contributed by atoms with Crippen LogP contribution in [0.2, 0.25) is 0 Å². The van der Waals surface area contributed by atoms with Gasteiger partial charge in [-0.15, -0.1) is 11.3 Å². The quantitative estimate of drug-likeness (QED) is 0.372. The molecule has 1 aromatic heterocycles. The zero-order valence-corrected chi connectivity index (χ0v) is 26.5. The Morgan fingerprint density at radius 2 is 1.90 bits per heavy atom. The number of aliphatic hydroxyl groups excluding tert-OH is 1. The normalized spacial score (nSPS) is 21.0. The van der Waals surface area contributed by atoms with Gasteiger partial charge in [0.15, 0.2) is 0 Å². The lowest BCUT2D eigenvalue weighted by molar-refractivity contribution is -0.142. The van der Waals surface area contributed by atoms with E-state index in [9.17, 15) is 19.5 Å². The van der Waals surface area contributed by atoms with Crippen LogP contribution in [0, 0.1) is 24.8 Å². The van der Waals surface area contributed by atoms with Crippen LogP contribution >= 0.6 is 11.3 Å². The van der Waals surface area contributed by atoms with Crippen LogP contribution in [0.5, 0.6) is 0 Å². The zero-order chi connectivity index (χ0) is 31.0. The number of hydrogen-bond acceptors (Lipinski definition) is 6. The largest absolute Gasteiger partial charge is 0.391 e. The van der Waals surface area contributed by atoms with Gasteiger partial charge in [-0.25, -0.2) is 11.6 Å². The van der Waals surface area contributed by atoms with Gasteiger partial charge in [0.05, 0.1) is 28.2 Å². The van der Waals surface area contributed by atoms with E-state index in [4.69, 9.17) is 6.57 Å². The molecule has 9 nitrogen and oxygen atoms in total. The van der Waals surface area contributed by atoms with E-state index in [-0.39, 0.29) is 36.2 Å². The number of likely N-dealkylation sites (tertiary alicyclic amines) is 1. The van der Waals surface area contributed by atoms with Gasteiger partial charge in [0, 0.05) is 25.8 Å². The maximum atomic E-state index is 13.7. The molecule has 1 saturated heterocycles. The van der Waals surface area contributed by atoms with Gasteiger partial charge in [-0.2, -0.15) is 0 Å². The van der Waals surface area contributed by atoms with E-state index in [0.717, 1.165) is 33.7 Å². The van der Waals surface area contributed by atoms with E-state index in [1.54, 1.807) is 11.3 Å². The highest BCUT2D eigenvalue weighted by atomic mass is 32.1. The average molecular weight is 594 g/mol. The molecule has 2 aromatic rings. The number of nitrogens with zero attached hydrogens (tertiary/aromatic N) is 3. The van der Waals surface area contributed by atoms with Gasteiger partial charge in [0.25, 0.3) is 0 Å². The molecular formula is C32H43N5O4S. The van der Waals surface area contributed by atoms with Crippen molar-refractivity contribution < 1.29 is 19.5 Å². The number of aliphatic hydroxyl groups is 1. The molecule has 1 saturated carbocycles. The highest BCUT2D eigenvalue weighted by molar-refractivity contribution is 7.13. The molecule has 2 aliphatic rings. The lowest BCUT2D eigenvalue weighted by atomic mass is 9.84. The van der Waals surface area contributed by atoms with Crippen LogP contribution in [0.3, 0.4) is 0 Å². The first-order chi connectivity index (χ1) is 19.7. The number of carbonyl (C=O) groups excluding carboxylic acids is 3. The molecule has 1 aliphatic heterocycles. The molecule has 4 rings (SSSR count). The third-order valence-electron chi connectivity index (χ3n) is 8.14.